The van der Waals surface area contributed by atoms with Crippen LogP contribution >= 0.6 is 0 Å². The Morgan fingerprint density at radius 3 is 2.40 bits per heavy atom. The van der Waals surface area contributed by atoms with Gasteiger partial charge >= 0.3 is 0 Å². The second kappa shape index (κ2) is 1.95. The van der Waals surface area contributed by atoms with Crippen molar-refractivity contribution in [1.82, 2.24) is 0 Å². The number of hydrogen-bond donors (Lipinski definition) is 1. The summed E-state index contributed by atoms with van der Waals surface area (Å²) in [4.78, 5) is 0. The minimum atomic E-state index is 0.425. The number of hydrogen-bond acceptors (Lipinski definition) is 2. The molecular formula is C8H15NO. The Kier molecular flexibility index (Phi) is 1.29. The first-order valence-corrected chi connectivity index (χ1v) is 4.08. The van der Waals surface area contributed by atoms with E-state index in [9.17, 15) is 0 Å². The van der Waals surface area contributed by atoms with Gasteiger partial charge in [-0.3, -0.25) is 0 Å². The highest BCUT2D eigenvalue weighted by molar-refractivity contribution is 5.10. The lowest BCUT2D eigenvalue weighted by Crippen LogP contribution is -2.65. The summed E-state index contributed by atoms with van der Waals surface area (Å²) in [6.45, 7) is 0. The fraction of sp³-hybridized carbons (Fsp3) is 1.00. The smallest absolute Gasteiger partial charge is 0.0657 e. The Hall–Kier alpha value is -0.0800. The minimum Gasteiger partial charge on any atom is -0.381 e. The Bertz CT molecular complexity index is 142. The molecule has 2 nitrogen and oxygen atoms in total. The van der Waals surface area contributed by atoms with Crippen LogP contribution in [-0.4, -0.2) is 19.3 Å². The highest BCUT2D eigenvalue weighted by atomic mass is 16.5. The lowest BCUT2D eigenvalue weighted by molar-refractivity contribution is -0.151. The lowest BCUT2D eigenvalue weighted by atomic mass is 9.51. The average Bonchev–Trinajstić information content (AvgIpc) is 1.78. The zero-order valence-corrected chi connectivity index (χ0v) is 6.47. The quantitative estimate of drug-likeness (QED) is 0.589. The number of nitrogens with two attached hydrogens (primary N) is 1. The largest absolute Gasteiger partial charge is 0.381 e. The van der Waals surface area contributed by atoms with E-state index in [1.54, 1.807) is 7.11 Å². The lowest BCUT2D eigenvalue weighted by Gasteiger charge is -2.59. The van der Waals surface area contributed by atoms with Crippen molar-refractivity contribution in [3.63, 3.8) is 0 Å². The van der Waals surface area contributed by atoms with E-state index in [0.717, 1.165) is 6.42 Å². The fourth-order valence-electron chi connectivity index (χ4n) is 2.39. The van der Waals surface area contributed by atoms with E-state index in [-0.39, 0.29) is 0 Å². The Morgan fingerprint density at radius 2 is 2.20 bits per heavy atom. The van der Waals surface area contributed by atoms with Gasteiger partial charge in [0.1, 0.15) is 0 Å². The van der Waals surface area contributed by atoms with E-state index in [0.29, 0.717) is 17.6 Å². The van der Waals surface area contributed by atoms with Gasteiger partial charge in [-0.1, -0.05) is 6.42 Å². The van der Waals surface area contributed by atoms with Crippen molar-refractivity contribution in [3.8, 4) is 0 Å². The molecule has 0 radical (unpaired) electrons. The second-order valence-corrected chi connectivity index (χ2v) is 3.65. The summed E-state index contributed by atoms with van der Waals surface area (Å²) in [5, 5.41) is 0. The normalized spacial score (nSPS) is 42.6. The third-order valence-electron chi connectivity index (χ3n) is 3.42. The van der Waals surface area contributed by atoms with Gasteiger partial charge in [0.15, 0.2) is 0 Å². The van der Waals surface area contributed by atoms with E-state index < -0.39 is 0 Å². The van der Waals surface area contributed by atoms with Crippen LogP contribution in [0.3, 0.4) is 0 Å². The molecule has 0 amide bonds. The van der Waals surface area contributed by atoms with Gasteiger partial charge < -0.3 is 10.5 Å². The Labute approximate surface area is 61.7 Å². The summed E-state index contributed by atoms with van der Waals surface area (Å²) in [5.41, 5.74) is 6.33. The highest BCUT2D eigenvalue weighted by Gasteiger charge is 2.56. The van der Waals surface area contributed by atoms with Crippen molar-refractivity contribution in [2.75, 3.05) is 7.11 Å². The molecule has 2 aliphatic carbocycles. The molecule has 2 heteroatoms. The zero-order chi connectivity index (χ0) is 7.19. The summed E-state index contributed by atoms with van der Waals surface area (Å²) in [6.07, 6.45) is 5.51. The van der Waals surface area contributed by atoms with Crippen molar-refractivity contribution in [2.45, 2.75) is 37.8 Å². The number of methoxy groups -OCH3 is 1. The number of rotatable bonds is 1. The Balaban J connectivity index is 2.03. The molecule has 2 atom stereocenters. The molecule has 2 fully saturated rings. The first-order valence-electron chi connectivity index (χ1n) is 4.08. The van der Waals surface area contributed by atoms with Gasteiger partial charge in [0, 0.05) is 18.6 Å². The minimum absolute atomic E-state index is 0.425. The molecule has 10 heavy (non-hydrogen) atoms. The predicted octanol–water partition coefficient (Wildman–Crippen LogP) is 0.903. The van der Waals surface area contributed by atoms with Crippen molar-refractivity contribution < 1.29 is 4.74 Å². The molecule has 0 aromatic carbocycles. The van der Waals surface area contributed by atoms with Crippen LogP contribution in [0.1, 0.15) is 25.7 Å². The maximum absolute atomic E-state index is 5.90. The zero-order valence-electron chi connectivity index (χ0n) is 6.47. The van der Waals surface area contributed by atoms with Crippen LogP contribution in [0, 0.1) is 5.41 Å². The van der Waals surface area contributed by atoms with Crippen LogP contribution in [0.15, 0.2) is 0 Å². The summed E-state index contributed by atoms with van der Waals surface area (Å²) in [6, 6.07) is 0.436. The van der Waals surface area contributed by atoms with Crippen LogP contribution in [0.5, 0.6) is 0 Å². The van der Waals surface area contributed by atoms with Crippen molar-refractivity contribution >= 4 is 0 Å². The standard InChI is InChI=1S/C8H15NO/c1-10-7-5-6(9)8(7)3-2-4-8/h6-7H,2-5,9H2,1H3/t6-,7-/m1/s1. The van der Waals surface area contributed by atoms with E-state index >= 15 is 0 Å². The summed E-state index contributed by atoms with van der Waals surface area (Å²) in [7, 11) is 1.80. The second-order valence-electron chi connectivity index (χ2n) is 3.65. The molecule has 1 spiro atoms. The molecule has 2 N–H and O–H groups in total. The molecule has 0 bridgehead atoms. The summed E-state index contributed by atoms with van der Waals surface area (Å²) < 4.78 is 5.33. The maximum Gasteiger partial charge on any atom is 0.0657 e. The molecule has 0 heterocycles. The summed E-state index contributed by atoms with van der Waals surface area (Å²) in [5.74, 6) is 0. The van der Waals surface area contributed by atoms with Crippen molar-refractivity contribution in [2.24, 2.45) is 11.1 Å². The van der Waals surface area contributed by atoms with Crippen LogP contribution in [0.2, 0.25) is 0 Å². The van der Waals surface area contributed by atoms with Gasteiger partial charge in [-0.05, 0) is 19.3 Å². The first kappa shape index (κ1) is 6.62. The topological polar surface area (TPSA) is 35.2 Å². The van der Waals surface area contributed by atoms with Gasteiger partial charge in [-0.2, -0.15) is 0 Å². The molecule has 0 aliphatic heterocycles. The van der Waals surface area contributed by atoms with Gasteiger partial charge in [-0.25, -0.2) is 0 Å². The van der Waals surface area contributed by atoms with Crippen LogP contribution in [0.4, 0.5) is 0 Å². The van der Waals surface area contributed by atoms with Gasteiger partial charge in [0.05, 0.1) is 6.10 Å². The Morgan fingerprint density at radius 1 is 1.50 bits per heavy atom. The van der Waals surface area contributed by atoms with Crippen LogP contribution < -0.4 is 5.73 Å². The van der Waals surface area contributed by atoms with Crippen molar-refractivity contribution in [1.29, 1.82) is 0 Å². The molecule has 0 aromatic heterocycles. The highest BCUT2D eigenvalue weighted by Crippen LogP contribution is 2.56. The van der Waals surface area contributed by atoms with Crippen LogP contribution in [-0.2, 0) is 4.74 Å². The third kappa shape index (κ3) is 0.565. The predicted molar refractivity (Wildman–Crippen MR) is 39.7 cm³/mol. The maximum atomic E-state index is 5.90. The van der Waals surface area contributed by atoms with Gasteiger partial charge in [0.2, 0.25) is 0 Å². The molecule has 2 rings (SSSR count). The monoisotopic (exact) mass is 141 g/mol. The fourth-order valence-corrected chi connectivity index (χ4v) is 2.39. The van der Waals surface area contributed by atoms with E-state index in [1.165, 1.54) is 19.3 Å². The van der Waals surface area contributed by atoms with E-state index in [4.69, 9.17) is 10.5 Å². The molecule has 0 saturated heterocycles. The molecule has 58 valence electrons. The third-order valence-corrected chi connectivity index (χ3v) is 3.42. The number of ether oxygens (including phenoxy) is 1. The molecule has 2 saturated carbocycles. The molecule has 2 aliphatic rings. The molecular weight excluding hydrogens is 126 g/mol. The molecule has 0 unspecified atom stereocenters. The van der Waals surface area contributed by atoms with E-state index in [1.807, 2.05) is 0 Å². The SMILES string of the molecule is CO[C@@H]1C[C@@H](N)C12CCC2. The van der Waals surface area contributed by atoms with E-state index in [2.05, 4.69) is 0 Å². The average molecular weight is 141 g/mol. The van der Waals surface area contributed by atoms with Crippen LogP contribution in [0.25, 0.3) is 0 Å². The van der Waals surface area contributed by atoms with Crippen molar-refractivity contribution in [3.05, 3.63) is 0 Å². The molecule has 0 aromatic rings. The first-order chi connectivity index (χ1) is 4.79. The summed E-state index contributed by atoms with van der Waals surface area (Å²) >= 11 is 0. The van der Waals surface area contributed by atoms with Gasteiger partial charge in [-0.15, -0.1) is 0 Å². The van der Waals surface area contributed by atoms with Gasteiger partial charge in [0.25, 0.3) is 0 Å².